The van der Waals surface area contributed by atoms with Gasteiger partial charge in [0.1, 0.15) is 17.7 Å². The number of nitriles is 2. The van der Waals surface area contributed by atoms with Gasteiger partial charge in [-0.15, -0.1) is 11.6 Å². The van der Waals surface area contributed by atoms with Gasteiger partial charge in [-0.05, 0) is 13.8 Å². The SMILES string of the molecule is CC(C)(Cl)C(N)=C(C#N)C#N. The van der Waals surface area contributed by atoms with Crippen LogP contribution in [0, 0.1) is 22.7 Å². The lowest BCUT2D eigenvalue weighted by Crippen LogP contribution is -2.22. The third kappa shape index (κ3) is 2.49. The van der Waals surface area contributed by atoms with Crippen molar-refractivity contribution in [2.24, 2.45) is 5.73 Å². The van der Waals surface area contributed by atoms with Gasteiger partial charge in [-0.3, -0.25) is 0 Å². The fraction of sp³-hybridized carbons (Fsp3) is 0.429. The molecule has 0 spiro atoms. The van der Waals surface area contributed by atoms with E-state index in [0.717, 1.165) is 0 Å². The minimum Gasteiger partial charge on any atom is -0.399 e. The predicted molar refractivity (Wildman–Crippen MR) is 42.4 cm³/mol. The van der Waals surface area contributed by atoms with Gasteiger partial charge < -0.3 is 5.73 Å². The summed E-state index contributed by atoms with van der Waals surface area (Å²) in [7, 11) is 0. The number of hydrogen-bond donors (Lipinski definition) is 1. The van der Waals surface area contributed by atoms with E-state index in [1.54, 1.807) is 26.0 Å². The summed E-state index contributed by atoms with van der Waals surface area (Å²) in [5.41, 5.74) is 5.41. The van der Waals surface area contributed by atoms with E-state index in [1.165, 1.54) is 0 Å². The van der Waals surface area contributed by atoms with Crippen LogP contribution in [0.5, 0.6) is 0 Å². The summed E-state index contributed by atoms with van der Waals surface area (Å²) in [6, 6.07) is 3.33. The average Bonchev–Trinajstić information content (AvgIpc) is 1.88. The van der Waals surface area contributed by atoms with Gasteiger partial charge in [0.05, 0.1) is 10.6 Å². The molecule has 0 aromatic carbocycles. The molecule has 0 radical (unpaired) electrons. The predicted octanol–water partition coefficient (Wildman–Crippen LogP) is 1.26. The fourth-order valence-electron chi connectivity index (χ4n) is 0.443. The zero-order chi connectivity index (χ0) is 9.07. The molecular formula is C7H8ClN3. The molecule has 4 heteroatoms. The summed E-state index contributed by atoms with van der Waals surface area (Å²) < 4.78 is 0. The van der Waals surface area contributed by atoms with Crippen LogP contribution in [-0.2, 0) is 0 Å². The smallest absolute Gasteiger partial charge is 0.150 e. The first-order valence-corrected chi connectivity index (χ1v) is 3.30. The van der Waals surface area contributed by atoms with E-state index in [9.17, 15) is 0 Å². The molecule has 2 N–H and O–H groups in total. The standard InChI is InChI=1S/C7H8ClN3/c1-7(2,8)6(11)5(3-9)4-10/h11H2,1-2H3. The number of allylic oxidation sites excluding steroid dienone is 2. The normalized spacial score (nSPS) is 9.55. The number of halogens is 1. The van der Waals surface area contributed by atoms with E-state index in [-0.39, 0.29) is 11.3 Å². The molecule has 0 aliphatic rings. The summed E-state index contributed by atoms with van der Waals surface area (Å²) >= 11 is 5.75. The lowest BCUT2D eigenvalue weighted by molar-refractivity contribution is 0.799. The summed E-state index contributed by atoms with van der Waals surface area (Å²) in [6.07, 6.45) is 0. The van der Waals surface area contributed by atoms with Crippen molar-refractivity contribution < 1.29 is 0 Å². The molecule has 3 nitrogen and oxygen atoms in total. The number of alkyl halides is 1. The van der Waals surface area contributed by atoms with E-state index in [0.29, 0.717) is 0 Å². The van der Waals surface area contributed by atoms with Gasteiger partial charge >= 0.3 is 0 Å². The number of hydrogen-bond acceptors (Lipinski definition) is 3. The first-order chi connectivity index (χ1) is 4.93. The molecule has 0 aromatic heterocycles. The Labute approximate surface area is 70.7 Å². The van der Waals surface area contributed by atoms with Crippen LogP contribution in [0.4, 0.5) is 0 Å². The van der Waals surface area contributed by atoms with Crippen molar-refractivity contribution in [1.82, 2.24) is 0 Å². The molecule has 0 unspecified atom stereocenters. The highest BCUT2D eigenvalue weighted by molar-refractivity contribution is 6.25. The van der Waals surface area contributed by atoms with E-state index in [4.69, 9.17) is 27.9 Å². The van der Waals surface area contributed by atoms with Crippen LogP contribution in [0.25, 0.3) is 0 Å². The molecule has 0 amide bonds. The van der Waals surface area contributed by atoms with Crippen LogP contribution in [-0.4, -0.2) is 4.87 Å². The Hall–Kier alpha value is -1.19. The lowest BCUT2D eigenvalue weighted by atomic mass is 10.1. The molecule has 0 aromatic rings. The molecule has 58 valence electrons. The van der Waals surface area contributed by atoms with E-state index in [1.807, 2.05) is 0 Å². The maximum absolute atomic E-state index is 8.39. The zero-order valence-electron chi connectivity index (χ0n) is 6.35. The average molecular weight is 170 g/mol. The van der Waals surface area contributed by atoms with Gasteiger partial charge in [0.15, 0.2) is 0 Å². The minimum atomic E-state index is -0.833. The molecule has 0 aliphatic carbocycles. The quantitative estimate of drug-likeness (QED) is 0.475. The van der Waals surface area contributed by atoms with E-state index in [2.05, 4.69) is 0 Å². The molecule has 0 saturated heterocycles. The molecular weight excluding hydrogens is 162 g/mol. The zero-order valence-corrected chi connectivity index (χ0v) is 7.11. The second-order valence-corrected chi connectivity index (χ2v) is 3.43. The Bertz CT molecular complexity index is 243. The fourth-order valence-corrected chi connectivity index (χ4v) is 0.537. The van der Waals surface area contributed by atoms with Crippen molar-refractivity contribution in [2.75, 3.05) is 0 Å². The van der Waals surface area contributed by atoms with E-state index >= 15 is 0 Å². The van der Waals surface area contributed by atoms with Gasteiger partial charge in [-0.1, -0.05) is 0 Å². The summed E-state index contributed by atoms with van der Waals surface area (Å²) in [4.78, 5) is -0.833. The Morgan fingerprint density at radius 2 is 1.73 bits per heavy atom. The number of nitrogens with two attached hydrogens (primary N) is 1. The number of nitrogens with zero attached hydrogens (tertiary/aromatic N) is 2. The van der Waals surface area contributed by atoms with Gasteiger partial charge in [-0.2, -0.15) is 10.5 Å². The van der Waals surface area contributed by atoms with Crippen LogP contribution >= 0.6 is 11.6 Å². The van der Waals surface area contributed by atoms with Crippen molar-refractivity contribution in [1.29, 1.82) is 10.5 Å². The topological polar surface area (TPSA) is 73.6 Å². The van der Waals surface area contributed by atoms with Gasteiger partial charge in [-0.25, -0.2) is 0 Å². The highest BCUT2D eigenvalue weighted by atomic mass is 35.5. The maximum atomic E-state index is 8.39. The Morgan fingerprint density at radius 1 is 1.36 bits per heavy atom. The Kier molecular flexibility index (Phi) is 2.92. The van der Waals surface area contributed by atoms with Crippen LogP contribution in [0.3, 0.4) is 0 Å². The highest BCUT2D eigenvalue weighted by Gasteiger charge is 2.20. The van der Waals surface area contributed by atoms with Crippen molar-refractivity contribution in [3.8, 4) is 12.1 Å². The van der Waals surface area contributed by atoms with E-state index < -0.39 is 4.87 Å². The Morgan fingerprint density at radius 3 is 1.82 bits per heavy atom. The molecule has 0 fully saturated rings. The molecule has 0 atom stereocenters. The third-order valence-corrected chi connectivity index (χ3v) is 1.34. The Balaban J connectivity index is 5.01. The first-order valence-electron chi connectivity index (χ1n) is 2.92. The van der Waals surface area contributed by atoms with Crippen LogP contribution in [0.1, 0.15) is 13.8 Å². The third-order valence-electron chi connectivity index (χ3n) is 1.13. The first kappa shape index (κ1) is 9.81. The van der Waals surface area contributed by atoms with Gasteiger partial charge in [0.25, 0.3) is 0 Å². The molecule has 0 rings (SSSR count). The van der Waals surface area contributed by atoms with Gasteiger partial charge in [0.2, 0.25) is 0 Å². The second kappa shape index (κ2) is 3.27. The molecule has 0 heterocycles. The monoisotopic (exact) mass is 169 g/mol. The van der Waals surface area contributed by atoms with Gasteiger partial charge in [0, 0.05) is 0 Å². The van der Waals surface area contributed by atoms with Crippen LogP contribution in [0.15, 0.2) is 11.3 Å². The molecule has 11 heavy (non-hydrogen) atoms. The second-order valence-electron chi connectivity index (χ2n) is 2.48. The number of rotatable bonds is 1. The van der Waals surface area contributed by atoms with Crippen molar-refractivity contribution in [2.45, 2.75) is 18.7 Å². The van der Waals surface area contributed by atoms with Crippen molar-refractivity contribution in [3.05, 3.63) is 11.3 Å². The molecule has 0 saturated carbocycles. The lowest BCUT2D eigenvalue weighted by Gasteiger charge is -2.15. The van der Waals surface area contributed by atoms with Crippen molar-refractivity contribution in [3.63, 3.8) is 0 Å². The summed E-state index contributed by atoms with van der Waals surface area (Å²) in [6.45, 7) is 3.25. The molecule has 0 bridgehead atoms. The minimum absolute atomic E-state index is 0.115. The summed E-state index contributed by atoms with van der Waals surface area (Å²) in [5, 5.41) is 16.8. The van der Waals surface area contributed by atoms with Crippen molar-refractivity contribution >= 4 is 11.6 Å². The van der Waals surface area contributed by atoms with Crippen LogP contribution in [0.2, 0.25) is 0 Å². The largest absolute Gasteiger partial charge is 0.399 e. The highest BCUT2D eigenvalue weighted by Crippen LogP contribution is 2.21. The summed E-state index contributed by atoms with van der Waals surface area (Å²) in [5.74, 6) is 0. The van der Waals surface area contributed by atoms with Crippen LogP contribution < -0.4 is 5.73 Å². The molecule has 0 aliphatic heterocycles. The maximum Gasteiger partial charge on any atom is 0.150 e.